The van der Waals surface area contributed by atoms with Crippen LogP contribution in [0.25, 0.3) is 0 Å². The number of hydrogen-bond acceptors (Lipinski definition) is 3. The van der Waals surface area contributed by atoms with Gasteiger partial charge in [0.1, 0.15) is 5.00 Å². The van der Waals surface area contributed by atoms with E-state index >= 15 is 0 Å². The number of amides is 2. The van der Waals surface area contributed by atoms with Crippen LogP contribution in [-0.4, -0.2) is 23.7 Å². The Morgan fingerprint density at radius 1 is 1.24 bits per heavy atom. The molecule has 116 valence electrons. The standard InChI is InChI=1S/C15H22N2O3S/c1-9-10(2)21-13(12(9)14(18)19)17-15(20)16-8-11-6-4-3-5-7-11/h11H,3-8H2,1-2H3,(H,18,19)(H2,16,17,20). The minimum absolute atomic E-state index is 0.199. The van der Waals surface area contributed by atoms with Gasteiger partial charge in [0, 0.05) is 11.4 Å². The van der Waals surface area contributed by atoms with E-state index in [0.717, 1.165) is 23.3 Å². The van der Waals surface area contributed by atoms with Crippen LogP contribution in [0.1, 0.15) is 52.9 Å². The highest BCUT2D eigenvalue weighted by Crippen LogP contribution is 2.32. The van der Waals surface area contributed by atoms with Crippen LogP contribution in [0.2, 0.25) is 0 Å². The van der Waals surface area contributed by atoms with Gasteiger partial charge in [0.15, 0.2) is 0 Å². The highest BCUT2D eigenvalue weighted by atomic mass is 32.1. The van der Waals surface area contributed by atoms with Gasteiger partial charge in [-0.15, -0.1) is 11.3 Å². The van der Waals surface area contributed by atoms with Gasteiger partial charge in [-0.2, -0.15) is 0 Å². The summed E-state index contributed by atoms with van der Waals surface area (Å²) >= 11 is 1.31. The predicted octanol–water partition coefficient (Wildman–Crippen LogP) is 3.76. The lowest BCUT2D eigenvalue weighted by molar-refractivity contribution is 0.0697. The summed E-state index contributed by atoms with van der Waals surface area (Å²) < 4.78 is 0. The van der Waals surface area contributed by atoms with Crippen molar-refractivity contribution in [1.82, 2.24) is 5.32 Å². The normalized spacial score (nSPS) is 15.7. The molecule has 0 radical (unpaired) electrons. The summed E-state index contributed by atoms with van der Waals surface area (Å²) in [6.07, 6.45) is 6.09. The second kappa shape index (κ2) is 6.93. The molecule has 1 heterocycles. The number of thiophene rings is 1. The average Bonchev–Trinajstić information content (AvgIpc) is 2.72. The van der Waals surface area contributed by atoms with Crippen LogP contribution < -0.4 is 10.6 Å². The van der Waals surface area contributed by atoms with Gasteiger partial charge >= 0.3 is 12.0 Å². The minimum atomic E-state index is -1.00. The second-order valence-electron chi connectivity index (χ2n) is 5.63. The fourth-order valence-electron chi connectivity index (χ4n) is 2.75. The van der Waals surface area contributed by atoms with Crippen molar-refractivity contribution in [3.05, 3.63) is 16.0 Å². The van der Waals surface area contributed by atoms with E-state index in [1.807, 2.05) is 6.92 Å². The lowest BCUT2D eigenvalue weighted by atomic mass is 9.89. The molecule has 2 rings (SSSR count). The monoisotopic (exact) mass is 310 g/mol. The van der Waals surface area contributed by atoms with Crippen LogP contribution in [0.3, 0.4) is 0 Å². The largest absolute Gasteiger partial charge is 0.478 e. The fourth-order valence-corrected chi connectivity index (χ4v) is 3.80. The molecule has 0 bridgehead atoms. The van der Waals surface area contributed by atoms with E-state index in [0.29, 0.717) is 17.5 Å². The number of carbonyl (C=O) groups is 2. The van der Waals surface area contributed by atoms with Crippen molar-refractivity contribution < 1.29 is 14.7 Å². The van der Waals surface area contributed by atoms with Crippen molar-refractivity contribution >= 4 is 28.3 Å². The summed E-state index contributed by atoms with van der Waals surface area (Å²) in [4.78, 5) is 24.1. The summed E-state index contributed by atoms with van der Waals surface area (Å²) in [5, 5.41) is 15.2. The Labute approximate surface area is 128 Å². The van der Waals surface area contributed by atoms with Crippen LogP contribution in [-0.2, 0) is 0 Å². The Kier molecular flexibility index (Phi) is 5.22. The fraction of sp³-hybridized carbons (Fsp3) is 0.600. The lowest BCUT2D eigenvalue weighted by Crippen LogP contribution is -2.33. The first-order valence-electron chi connectivity index (χ1n) is 7.37. The van der Waals surface area contributed by atoms with Crippen molar-refractivity contribution in [3.8, 4) is 0 Å². The Bertz CT molecular complexity index is 533. The molecule has 3 N–H and O–H groups in total. The van der Waals surface area contributed by atoms with Crippen molar-refractivity contribution in [2.45, 2.75) is 46.0 Å². The number of carboxylic acid groups (broad SMARTS) is 1. The Balaban J connectivity index is 1.93. The third-order valence-corrected chi connectivity index (χ3v) is 5.22. The second-order valence-corrected chi connectivity index (χ2v) is 6.86. The number of aromatic carboxylic acids is 1. The van der Waals surface area contributed by atoms with E-state index in [1.165, 1.54) is 30.6 Å². The van der Waals surface area contributed by atoms with Gasteiger partial charge in [-0.3, -0.25) is 5.32 Å². The number of carbonyl (C=O) groups excluding carboxylic acids is 1. The number of anilines is 1. The van der Waals surface area contributed by atoms with E-state index < -0.39 is 5.97 Å². The molecule has 1 aliphatic rings. The molecule has 5 nitrogen and oxygen atoms in total. The third-order valence-electron chi connectivity index (χ3n) is 4.10. The molecule has 0 atom stereocenters. The molecule has 1 aliphatic carbocycles. The molecule has 2 amide bonds. The molecule has 0 spiro atoms. The first-order valence-corrected chi connectivity index (χ1v) is 8.18. The molecule has 21 heavy (non-hydrogen) atoms. The summed E-state index contributed by atoms with van der Waals surface area (Å²) in [5.41, 5.74) is 0.917. The topological polar surface area (TPSA) is 78.4 Å². The van der Waals surface area contributed by atoms with Gasteiger partial charge in [0.05, 0.1) is 5.56 Å². The van der Waals surface area contributed by atoms with Crippen molar-refractivity contribution in [2.75, 3.05) is 11.9 Å². The molecule has 1 saturated carbocycles. The number of rotatable bonds is 4. The number of nitrogens with one attached hydrogen (secondary N) is 2. The Morgan fingerprint density at radius 3 is 2.52 bits per heavy atom. The van der Waals surface area contributed by atoms with Crippen LogP contribution in [0.15, 0.2) is 0 Å². The smallest absolute Gasteiger partial charge is 0.338 e. The SMILES string of the molecule is Cc1sc(NC(=O)NCC2CCCCC2)c(C(=O)O)c1C. The number of hydrogen-bond donors (Lipinski definition) is 3. The molecule has 6 heteroatoms. The molecule has 1 aromatic heterocycles. The molecule has 0 unspecified atom stereocenters. The van der Waals surface area contributed by atoms with Crippen molar-refractivity contribution in [1.29, 1.82) is 0 Å². The van der Waals surface area contributed by atoms with Gasteiger partial charge in [0.2, 0.25) is 0 Å². The number of carboxylic acids is 1. The van der Waals surface area contributed by atoms with Crippen molar-refractivity contribution in [2.24, 2.45) is 5.92 Å². The number of urea groups is 1. The zero-order valence-electron chi connectivity index (χ0n) is 12.5. The molecule has 0 aromatic carbocycles. The lowest BCUT2D eigenvalue weighted by Gasteiger charge is -2.21. The van der Waals surface area contributed by atoms with Crippen LogP contribution in [0.4, 0.5) is 9.80 Å². The van der Waals surface area contributed by atoms with Gasteiger partial charge in [-0.05, 0) is 38.2 Å². The summed E-state index contributed by atoms with van der Waals surface area (Å²) in [5.74, 6) is -0.449. The van der Waals surface area contributed by atoms with E-state index in [1.54, 1.807) is 6.92 Å². The third kappa shape index (κ3) is 3.97. The quantitative estimate of drug-likeness (QED) is 0.792. The maximum atomic E-state index is 11.9. The first-order chi connectivity index (χ1) is 9.99. The average molecular weight is 310 g/mol. The molecular weight excluding hydrogens is 288 g/mol. The van der Waals surface area contributed by atoms with Crippen LogP contribution >= 0.6 is 11.3 Å². The summed E-state index contributed by atoms with van der Waals surface area (Å²) in [6, 6.07) is -0.315. The van der Waals surface area contributed by atoms with E-state index in [4.69, 9.17) is 0 Å². The number of aryl methyl sites for hydroxylation is 1. The van der Waals surface area contributed by atoms with Crippen molar-refractivity contribution in [3.63, 3.8) is 0 Å². The van der Waals surface area contributed by atoms with Gasteiger partial charge in [-0.25, -0.2) is 9.59 Å². The summed E-state index contributed by atoms with van der Waals surface area (Å²) in [7, 11) is 0. The molecule has 1 fully saturated rings. The first kappa shape index (κ1) is 15.8. The molecular formula is C15H22N2O3S. The van der Waals surface area contributed by atoms with E-state index in [9.17, 15) is 14.7 Å². The van der Waals surface area contributed by atoms with Crippen LogP contribution in [0, 0.1) is 19.8 Å². The van der Waals surface area contributed by atoms with E-state index in [-0.39, 0.29) is 11.6 Å². The Hall–Kier alpha value is -1.56. The highest BCUT2D eigenvalue weighted by molar-refractivity contribution is 7.16. The zero-order chi connectivity index (χ0) is 15.4. The molecule has 1 aromatic rings. The minimum Gasteiger partial charge on any atom is -0.478 e. The van der Waals surface area contributed by atoms with Gasteiger partial charge < -0.3 is 10.4 Å². The zero-order valence-corrected chi connectivity index (χ0v) is 13.3. The maximum Gasteiger partial charge on any atom is 0.338 e. The van der Waals surface area contributed by atoms with Crippen LogP contribution in [0.5, 0.6) is 0 Å². The summed E-state index contributed by atoms with van der Waals surface area (Å²) in [6.45, 7) is 4.29. The maximum absolute atomic E-state index is 11.9. The molecule has 0 saturated heterocycles. The predicted molar refractivity (Wildman–Crippen MR) is 84.3 cm³/mol. The highest BCUT2D eigenvalue weighted by Gasteiger charge is 2.21. The van der Waals surface area contributed by atoms with Gasteiger partial charge in [0.25, 0.3) is 0 Å². The molecule has 0 aliphatic heterocycles. The van der Waals surface area contributed by atoms with E-state index in [2.05, 4.69) is 10.6 Å². The van der Waals surface area contributed by atoms with Gasteiger partial charge in [-0.1, -0.05) is 19.3 Å². The Morgan fingerprint density at radius 2 is 1.90 bits per heavy atom.